The molecule has 0 fully saturated rings. The maximum absolute atomic E-state index is 12.2. The normalized spacial score (nSPS) is 24.5. The molecule has 0 bridgehead atoms. The number of fused-ring (bicyclic) bond motifs is 5. The summed E-state index contributed by atoms with van der Waals surface area (Å²) in [5.74, 6) is 1.28. The van der Waals surface area contributed by atoms with E-state index in [4.69, 9.17) is 4.74 Å². The summed E-state index contributed by atoms with van der Waals surface area (Å²) in [6, 6.07) is 6.29. The molecule has 0 unspecified atom stereocenters. The summed E-state index contributed by atoms with van der Waals surface area (Å²) in [5.41, 5.74) is 2.45. The van der Waals surface area contributed by atoms with Gasteiger partial charge < -0.3 is 4.74 Å². The first-order chi connectivity index (χ1) is 9.63. The van der Waals surface area contributed by atoms with Crippen molar-refractivity contribution in [3.8, 4) is 5.75 Å². The largest absolute Gasteiger partial charge is 0.497 e. The fraction of sp³-hybridized carbons (Fsp3) is 0.353. The molecule has 2 aromatic rings. The van der Waals surface area contributed by atoms with Gasteiger partial charge in [-0.05, 0) is 54.5 Å². The highest BCUT2D eigenvalue weighted by atomic mass is 32.1. The summed E-state index contributed by atoms with van der Waals surface area (Å²) in [6.07, 6.45) is 4.69. The lowest BCUT2D eigenvalue weighted by molar-refractivity contribution is -0.123. The molecule has 1 atom stereocenters. The number of carbonyl (C=O) groups is 1. The Hall–Kier alpha value is -1.61. The van der Waals surface area contributed by atoms with Crippen molar-refractivity contribution in [1.82, 2.24) is 0 Å². The highest BCUT2D eigenvalue weighted by Crippen LogP contribution is 2.54. The van der Waals surface area contributed by atoms with Gasteiger partial charge in [-0.15, -0.1) is 11.3 Å². The summed E-state index contributed by atoms with van der Waals surface area (Å²) in [7, 11) is 1.70. The third-order valence-electron chi connectivity index (χ3n) is 4.82. The molecule has 0 amide bonds. The molecule has 0 aliphatic heterocycles. The van der Waals surface area contributed by atoms with Crippen LogP contribution in [0.2, 0.25) is 0 Å². The average Bonchev–Trinajstić information content (AvgIpc) is 2.96. The number of ether oxygens (including phenoxy) is 1. The van der Waals surface area contributed by atoms with E-state index in [-0.39, 0.29) is 5.41 Å². The molecule has 2 aliphatic rings. The Morgan fingerprint density at radius 2 is 2.20 bits per heavy atom. The lowest BCUT2D eigenvalue weighted by atomic mass is 9.72. The van der Waals surface area contributed by atoms with Gasteiger partial charge >= 0.3 is 0 Å². The van der Waals surface area contributed by atoms with Crippen molar-refractivity contribution >= 4 is 32.8 Å². The van der Waals surface area contributed by atoms with Crippen LogP contribution in [0, 0.1) is 5.41 Å². The van der Waals surface area contributed by atoms with Crippen LogP contribution in [0.5, 0.6) is 5.75 Å². The van der Waals surface area contributed by atoms with Crippen molar-refractivity contribution in [2.45, 2.75) is 26.2 Å². The molecule has 0 radical (unpaired) electrons. The molecule has 0 spiro atoms. The summed E-state index contributed by atoms with van der Waals surface area (Å²) >= 11 is 1.81. The predicted octanol–water partition coefficient (Wildman–Crippen LogP) is 4.22. The van der Waals surface area contributed by atoms with Gasteiger partial charge in [0.15, 0.2) is 0 Å². The second kappa shape index (κ2) is 3.95. The topological polar surface area (TPSA) is 26.3 Å². The Morgan fingerprint density at radius 1 is 1.35 bits per heavy atom. The molecule has 0 N–H and O–H groups in total. The SMILES string of the molecule is COc1ccc2c3c(sc2c1)C1=CCC(=O)[C@@]1(C)CC3. The maximum Gasteiger partial charge on any atom is 0.146 e. The van der Waals surface area contributed by atoms with Gasteiger partial charge in [0.1, 0.15) is 11.5 Å². The van der Waals surface area contributed by atoms with Gasteiger partial charge in [0.2, 0.25) is 0 Å². The minimum atomic E-state index is -0.238. The predicted molar refractivity (Wildman–Crippen MR) is 82.4 cm³/mol. The number of aryl methyl sites for hydroxylation is 1. The number of rotatable bonds is 1. The average molecular weight is 284 g/mol. The van der Waals surface area contributed by atoms with Crippen molar-refractivity contribution in [3.63, 3.8) is 0 Å². The van der Waals surface area contributed by atoms with Crippen LogP contribution in [0.25, 0.3) is 15.7 Å². The zero-order chi connectivity index (χ0) is 13.9. The second-order valence-corrected chi connectivity index (χ2v) is 6.90. The molecule has 102 valence electrons. The number of allylic oxidation sites excluding steroid dienone is 2. The third-order valence-corrected chi connectivity index (χ3v) is 6.05. The standard InChI is InChI=1S/C17H16O2S/c1-17-8-7-12-11-4-3-10(19-2)9-14(11)20-16(12)13(17)5-6-15(17)18/h3-5,9H,6-8H2,1-2H3/t17-/m0/s1. The number of Topliss-reactive ketones (excluding diaryl/α,β-unsaturated/α-hetero) is 1. The fourth-order valence-electron chi connectivity index (χ4n) is 3.51. The van der Waals surface area contributed by atoms with Crippen molar-refractivity contribution in [2.75, 3.05) is 7.11 Å². The third kappa shape index (κ3) is 1.41. The Kier molecular flexibility index (Phi) is 2.40. The minimum Gasteiger partial charge on any atom is -0.497 e. The first-order valence-corrected chi connectivity index (χ1v) is 7.79. The lowest BCUT2D eigenvalue weighted by Gasteiger charge is -2.31. The number of hydrogen-bond donors (Lipinski definition) is 0. The number of benzene rings is 1. The first kappa shape index (κ1) is 12.2. The molecule has 1 aromatic heterocycles. The molecule has 0 saturated heterocycles. The van der Waals surface area contributed by atoms with Gasteiger partial charge in [-0.2, -0.15) is 0 Å². The highest BCUT2D eigenvalue weighted by Gasteiger charge is 2.44. The van der Waals surface area contributed by atoms with Crippen molar-refractivity contribution in [2.24, 2.45) is 5.41 Å². The van der Waals surface area contributed by atoms with E-state index in [0.29, 0.717) is 12.2 Å². The van der Waals surface area contributed by atoms with Crippen molar-refractivity contribution in [1.29, 1.82) is 0 Å². The van der Waals surface area contributed by atoms with Crippen LogP contribution in [0.4, 0.5) is 0 Å². The molecule has 4 rings (SSSR count). The van der Waals surface area contributed by atoms with Crippen LogP contribution in [0.1, 0.15) is 30.2 Å². The van der Waals surface area contributed by atoms with Gasteiger partial charge in [0.05, 0.1) is 12.5 Å². The van der Waals surface area contributed by atoms with E-state index < -0.39 is 0 Å². The number of methoxy groups -OCH3 is 1. The number of thiophene rings is 1. The molecule has 1 aromatic carbocycles. The molecule has 3 heteroatoms. The fourth-order valence-corrected chi connectivity index (χ4v) is 4.96. The smallest absolute Gasteiger partial charge is 0.146 e. The van der Waals surface area contributed by atoms with E-state index in [9.17, 15) is 4.79 Å². The number of hydrogen-bond acceptors (Lipinski definition) is 3. The van der Waals surface area contributed by atoms with Crippen LogP contribution in [0.15, 0.2) is 24.3 Å². The van der Waals surface area contributed by atoms with E-state index in [0.717, 1.165) is 18.6 Å². The zero-order valence-electron chi connectivity index (χ0n) is 11.7. The molecule has 0 saturated carbocycles. The summed E-state index contributed by atoms with van der Waals surface area (Å²) < 4.78 is 6.58. The molecular weight excluding hydrogens is 268 g/mol. The number of carbonyl (C=O) groups excluding carboxylic acids is 1. The van der Waals surface area contributed by atoms with Gasteiger partial charge in [-0.25, -0.2) is 0 Å². The molecular formula is C17H16O2S. The molecule has 20 heavy (non-hydrogen) atoms. The van der Waals surface area contributed by atoms with Gasteiger partial charge in [0.25, 0.3) is 0 Å². The van der Waals surface area contributed by atoms with E-state index in [1.54, 1.807) is 18.4 Å². The number of ketones is 1. The van der Waals surface area contributed by atoms with Crippen LogP contribution in [0.3, 0.4) is 0 Å². The minimum absolute atomic E-state index is 0.238. The Labute approximate surface area is 122 Å². The van der Waals surface area contributed by atoms with Crippen LogP contribution in [-0.2, 0) is 11.2 Å². The van der Waals surface area contributed by atoms with Crippen molar-refractivity contribution in [3.05, 3.63) is 34.7 Å². The lowest BCUT2D eigenvalue weighted by Crippen LogP contribution is -2.28. The first-order valence-electron chi connectivity index (χ1n) is 6.97. The van der Waals surface area contributed by atoms with Crippen molar-refractivity contribution < 1.29 is 9.53 Å². The zero-order valence-corrected chi connectivity index (χ0v) is 12.5. The molecule has 1 heterocycles. The quantitative estimate of drug-likeness (QED) is 0.783. The maximum atomic E-state index is 12.2. The summed E-state index contributed by atoms with van der Waals surface area (Å²) in [6.45, 7) is 2.11. The molecule has 2 nitrogen and oxygen atoms in total. The Bertz CT molecular complexity index is 769. The van der Waals surface area contributed by atoms with E-state index in [1.165, 1.54) is 26.1 Å². The Balaban J connectivity index is 1.96. The monoisotopic (exact) mass is 284 g/mol. The van der Waals surface area contributed by atoms with E-state index in [2.05, 4.69) is 25.1 Å². The van der Waals surface area contributed by atoms with E-state index >= 15 is 0 Å². The Morgan fingerprint density at radius 3 is 3.00 bits per heavy atom. The summed E-state index contributed by atoms with van der Waals surface area (Å²) in [5, 5.41) is 1.33. The highest BCUT2D eigenvalue weighted by molar-refractivity contribution is 7.20. The van der Waals surface area contributed by atoms with Crippen LogP contribution in [-0.4, -0.2) is 12.9 Å². The second-order valence-electron chi connectivity index (χ2n) is 5.85. The molecule has 2 aliphatic carbocycles. The van der Waals surface area contributed by atoms with Gasteiger partial charge in [-0.1, -0.05) is 6.08 Å². The summed E-state index contributed by atoms with van der Waals surface area (Å²) in [4.78, 5) is 13.5. The van der Waals surface area contributed by atoms with Gasteiger partial charge in [-0.3, -0.25) is 4.79 Å². The van der Waals surface area contributed by atoms with Gasteiger partial charge in [0, 0.05) is 16.0 Å². The van der Waals surface area contributed by atoms with Crippen LogP contribution < -0.4 is 4.74 Å². The van der Waals surface area contributed by atoms with E-state index in [1.807, 2.05) is 6.07 Å². The van der Waals surface area contributed by atoms with Crippen LogP contribution >= 0.6 is 11.3 Å².